The van der Waals surface area contributed by atoms with Crippen LogP contribution in [0, 0.1) is 0 Å². The zero-order valence-corrected chi connectivity index (χ0v) is 16.7. The number of urea groups is 1. The maximum Gasteiger partial charge on any atom is 0.416 e. The van der Waals surface area contributed by atoms with E-state index in [1.807, 2.05) is 0 Å². The van der Waals surface area contributed by atoms with E-state index in [1.54, 1.807) is 18.2 Å². The third-order valence-electron chi connectivity index (χ3n) is 4.49. The number of hydrogen-bond donors (Lipinski definition) is 2. The zero-order chi connectivity index (χ0) is 22.6. The van der Waals surface area contributed by atoms with Crippen molar-refractivity contribution in [1.82, 2.24) is 5.32 Å². The number of nitrogens with one attached hydrogen (secondary N) is 2. The van der Waals surface area contributed by atoms with Crippen molar-refractivity contribution in [2.24, 2.45) is 0 Å². The van der Waals surface area contributed by atoms with Crippen LogP contribution in [-0.2, 0) is 10.9 Å². The molecule has 0 aliphatic carbocycles. The van der Waals surface area contributed by atoms with Crippen LogP contribution in [0.15, 0.2) is 42.5 Å². The highest BCUT2D eigenvalue weighted by Crippen LogP contribution is 2.33. The van der Waals surface area contributed by atoms with E-state index >= 15 is 0 Å². The third kappa shape index (κ3) is 5.30. The summed E-state index contributed by atoms with van der Waals surface area (Å²) in [5.74, 6) is 0.943. The summed E-state index contributed by atoms with van der Waals surface area (Å²) in [6.45, 7) is 0.137. The van der Waals surface area contributed by atoms with Gasteiger partial charge in [-0.2, -0.15) is 13.2 Å². The van der Waals surface area contributed by atoms with E-state index in [1.165, 1.54) is 31.3 Å². The molecule has 1 heterocycles. The number of carbonyl (C=O) groups excluding carboxylic acids is 2. The van der Waals surface area contributed by atoms with Gasteiger partial charge in [0.05, 0.1) is 38.6 Å². The van der Waals surface area contributed by atoms with Crippen LogP contribution in [0.25, 0.3) is 0 Å². The van der Waals surface area contributed by atoms with Crippen molar-refractivity contribution in [3.05, 3.63) is 48.0 Å². The fourth-order valence-electron chi connectivity index (χ4n) is 2.99. The van der Waals surface area contributed by atoms with Crippen molar-refractivity contribution in [2.45, 2.75) is 12.3 Å². The zero-order valence-electron chi connectivity index (χ0n) is 16.7. The monoisotopic (exact) mass is 439 g/mol. The summed E-state index contributed by atoms with van der Waals surface area (Å²) in [5.41, 5.74) is -0.359. The number of methoxy groups -OCH3 is 2. The molecule has 0 radical (unpaired) electrons. The molecular formula is C20H20F3N3O5. The number of alkyl halides is 3. The van der Waals surface area contributed by atoms with E-state index in [4.69, 9.17) is 14.2 Å². The number of halogens is 3. The second-order valence-corrected chi connectivity index (χ2v) is 6.57. The van der Waals surface area contributed by atoms with Gasteiger partial charge in [-0.1, -0.05) is 6.07 Å². The van der Waals surface area contributed by atoms with Gasteiger partial charge in [0.15, 0.2) is 11.5 Å². The number of amides is 3. The lowest BCUT2D eigenvalue weighted by Crippen LogP contribution is -2.37. The smallest absolute Gasteiger partial charge is 0.416 e. The van der Waals surface area contributed by atoms with Gasteiger partial charge in [0.25, 0.3) is 0 Å². The topological polar surface area (TPSA) is 89.1 Å². The fraction of sp³-hybridized carbons (Fsp3) is 0.300. The molecule has 0 spiro atoms. The minimum absolute atomic E-state index is 0.0114. The van der Waals surface area contributed by atoms with Gasteiger partial charge >= 0.3 is 18.3 Å². The highest BCUT2D eigenvalue weighted by atomic mass is 19.4. The minimum Gasteiger partial charge on any atom is -0.493 e. The van der Waals surface area contributed by atoms with Crippen LogP contribution in [-0.4, -0.2) is 45.5 Å². The Hall–Kier alpha value is -3.63. The van der Waals surface area contributed by atoms with E-state index in [-0.39, 0.29) is 18.8 Å². The van der Waals surface area contributed by atoms with E-state index in [0.29, 0.717) is 17.2 Å². The minimum atomic E-state index is -4.51. The molecule has 11 heteroatoms. The molecule has 1 aliphatic rings. The maximum absolute atomic E-state index is 12.8. The molecule has 0 aromatic heterocycles. The largest absolute Gasteiger partial charge is 0.493 e. The summed E-state index contributed by atoms with van der Waals surface area (Å²) < 4.78 is 53.9. The van der Waals surface area contributed by atoms with Gasteiger partial charge in [0, 0.05) is 11.8 Å². The molecule has 0 saturated carbocycles. The van der Waals surface area contributed by atoms with Gasteiger partial charge < -0.3 is 24.8 Å². The number of anilines is 2. The molecule has 8 nitrogen and oxygen atoms in total. The van der Waals surface area contributed by atoms with Gasteiger partial charge in [-0.15, -0.1) is 0 Å². The molecule has 1 fully saturated rings. The molecule has 31 heavy (non-hydrogen) atoms. The van der Waals surface area contributed by atoms with Gasteiger partial charge in [-0.3, -0.25) is 4.90 Å². The quantitative estimate of drug-likeness (QED) is 0.714. The van der Waals surface area contributed by atoms with Crippen LogP contribution in [0.1, 0.15) is 5.56 Å². The van der Waals surface area contributed by atoms with Crippen LogP contribution in [0.5, 0.6) is 11.5 Å². The summed E-state index contributed by atoms with van der Waals surface area (Å²) in [6, 6.07) is 8.48. The maximum atomic E-state index is 12.8. The molecule has 3 rings (SSSR count). The van der Waals surface area contributed by atoms with Crippen molar-refractivity contribution in [1.29, 1.82) is 0 Å². The number of nitrogens with zero attached hydrogens (tertiary/aromatic N) is 1. The molecule has 2 aromatic carbocycles. The van der Waals surface area contributed by atoms with Crippen molar-refractivity contribution >= 4 is 23.5 Å². The van der Waals surface area contributed by atoms with Crippen LogP contribution < -0.4 is 25.0 Å². The number of benzene rings is 2. The molecule has 166 valence electrons. The van der Waals surface area contributed by atoms with Crippen molar-refractivity contribution < 1.29 is 37.0 Å². The first-order valence-electron chi connectivity index (χ1n) is 9.13. The molecule has 2 N–H and O–H groups in total. The molecule has 3 amide bonds. The van der Waals surface area contributed by atoms with Crippen LogP contribution in [0.3, 0.4) is 0 Å². The average molecular weight is 439 g/mol. The lowest BCUT2D eigenvalue weighted by atomic mass is 10.2. The molecule has 1 aliphatic heterocycles. The predicted molar refractivity (Wildman–Crippen MR) is 106 cm³/mol. The molecular weight excluding hydrogens is 419 g/mol. The van der Waals surface area contributed by atoms with Gasteiger partial charge in [-0.05, 0) is 30.3 Å². The second kappa shape index (κ2) is 9.02. The van der Waals surface area contributed by atoms with Crippen LogP contribution >= 0.6 is 0 Å². The Morgan fingerprint density at radius 2 is 1.90 bits per heavy atom. The summed E-state index contributed by atoms with van der Waals surface area (Å²) in [5, 5.41) is 4.81. The molecule has 1 atom stereocenters. The Morgan fingerprint density at radius 3 is 2.58 bits per heavy atom. The number of carbonyl (C=O) groups is 2. The lowest BCUT2D eigenvalue weighted by molar-refractivity contribution is -0.137. The molecule has 0 unspecified atom stereocenters. The Kier molecular flexibility index (Phi) is 6.42. The van der Waals surface area contributed by atoms with Crippen molar-refractivity contribution in [3.8, 4) is 11.5 Å². The second-order valence-electron chi connectivity index (χ2n) is 6.57. The van der Waals surface area contributed by atoms with E-state index in [0.717, 1.165) is 12.1 Å². The summed E-state index contributed by atoms with van der Waals surface area (Å²) in [7, 11) is 2.97. The average Bonchev–Trinajstić information content (AvgIpc) is 3.12. The Morgan fingerprint density at radius 1 is 1.16 bits per heavy atom. The van der Waals surface area contributed by atoms with E-state index < -0.39 is 30.0 Å². The van der Waals surface area contributed by atoms with Crippen molar-refractivity contribution in [3.63, 3.8) is 0 Å². The molecule has 1 saturated heterocycles. The Labute approximate surface area is 175 Å². The molecule has 2 aromatic rings. The normalized spacial score (nSPS) is 16.0. The number of rotatable bonds is 6. The summed E-state index contributed by atoms with van der Waals surface area (Å²) in [6.07, 6.45) is -5.76. The van der Waals surface area contributed by atoms with E-state index in [2.05, 4.69) is 10.6 Å². The number of hydrogen-bond acceptors (Lipinski definition) is 5. The van der Waals surface area contributed by atoms with E-state index in [9.17, 15) is 22.8 Å². The first-order valence-corrected chi connectivity index (χ1v) is 9.13. The lowest BCUT2D eigenvalue weighted by Gasteiger charge is -2.16. The Bertz CT molecular complexity index is 967. The summed E-state index contributed by atoms with van der Waals surface area (Å²) >= 11 is 0. The fourth-order valence-corrected chi connectivity index (χ4v) is 2.99. The Balaban J connectivity index is 1.56. The SMILES string of the molecule is COc1ccc(N2C[C@H](CNC(=O)Nc3cccc(C(F)(F)F)c3)OC2=O)cc1OC. The van der Waals surface area contributed by atoms with Gasteiger partial charge in [-0.25, -0.2) is 9.59 Å². The number of cyclic esters (lactones) is 1. The first-order chi connectivity index (χ1) is 14.7. The summed E-state index contributed by atoms with van der Waals surface area (Å²) in [4.78, 5) is 25.6. The van der Waals surface area contributed by atoms with Gasteiger partial charge in [0.2, 0.25) is 0 Å². The standard InChI is InChI=1S/C20H20F3N3O5/c1-29-16-7-6-14(9-17(16)30-2)26-11-15(31-19(26)28)10-24-18(27)25-13-5-3-4-12(8-13)20(21,22)23/h3-9,15H,10-11H2,1-2H3,(H2,24,25,27)/t15-/m0/s1. The third-order valence-corrected chi connectivity index (χ3v) is 4.49. The van der Waals surface area contributed by atoms with Crippen LogP contribution in [0.4, 0.5) is 34.1 Å². The highest BCUT2D eigenvalue weighted by molar-refractivity contribution is 5.91. The van der Waals surface area contributed by atoms with Crippen LogP contribution in [0.2, 0.25) is 0 Å². The number of ether oxygens (including phenoxy) is 3. The van der Waals surface area contributed by atoms with Gasteiger partial charge in [0.1, 0.15) is 6.10 Å². The van der Waals surface area contributed by atoms with Crippen molar-refractivity contribution in [2.75, 3.05) is 37.5 Å². The first kappa shape index (κ1) is 22.1. The predicted octanol–water partition coefficient (Wildman–Crippen LogP) is 3.87. The molecule has 0 bridgehead atoms. The highest BCUT2D eigenvalue weighted by Gasteiger charge is 2.33.